The molecule has 36 heavy (non-hydrogen) atoms. The van der Waals surface area contributed by atoms with Crippen molar-refractivity contribution >= 4 is 23.4 Å². The van der Waals surface area contributed by atoms with Crippen molar-refractivity contribution in [2.45, 2.75) is 26.8 Å². The number of nitrogens with zero attached hydrogens (tertiary/aromatic N) is 2. The Morgan fingerprint density at radius 2 is 1.78 bits per heavy atom. The Bertz CT molecular complexity index is 1480. The molecule has 0 saturated heterocycles. The summed E-state index contributed by atoms with van der Waals surface area (Å²) < 4.78 is 23.9. The Labute approximate surface area is 212 Å². The molecule has 8 nitrogen and oxygen atoms in total. The molecule has 0 unspecified atom stereocenters. The number of carbonyl (C=O) groups is 1. The number of aromatic nitrogens is 1. The van der Waals surface area contributed by atoms with Crippen LogP contribution in [0.15, 0.2) is 63.5 Å². The highest BCUT2D eigenvalue weighted by Gasteiger charge is 2.35. The first-order valence-corrected chi connectivity index (χ1v) is 12.4. The van der Waals surface area contributed by atoms with E-state index in [4.69, 9.17) is 18.9 Å². The van der Waals surface area contributed by atoms with E-state index in [0.29, 0.717) is 44.3 Å². The zero-order valence-electron chi connectivity index (χ0n) is 20.9. The second-order valence-electron chi connectivity index (χ2n) is 7.91. The van der Waals surface area contributed by atoms with Gasteiger partial charge in [-0.1, -0.05) is 23.5 Å². The number of ether oxygens (including phenoxy) is 4. The molecule has 2 heterocycles. The molecule has 188 valence electrons. The maximum Gasteiger partial charge on any atom is 0.338 e. The first kappa shape index (κ1) is 25.2. The fourth-order valence-electron chi connectivity index (χ4n) is 4.11. The number of allylic oxidation sites excluding steroid dienone is 1. The van der Waals surface area contributed by atoms with Crippen molar-refractivity contribution in [3.05, 3.63) is 84.5 Å². The van der Waals surface area contributed by atoms with Crippen LogP contribution in [0.25, 0.3) is 6.08 Å². The van der Waals surface area contributed by atoms with Gasteiger partial charge < -0.3 is 18.9 Å². The average molecular weight is 509 g/mol. The van der Waals surface area contributed by atoms with E-state index in [1.54, 1.807) is 39.2 Å². The maximum absolute atomic E-state index is 13.7. The molecule has 2 aromatic carbocycles. The number of benzene rings is 2. The van der Waals surface area contributed by atoms with Crippen molar-refractivity contribution in [3.63, 3.8) is 0 Å². The molecule has 0 radical (unpaired) electrons. The first-order valence-electron chi connectivity index (χ1n) is 11.6. The van der Waals surface area contributed by atoms with Crippen LogP contribution in [0, 0.1) is 0 Å². The van der Waals surface area contributed by atoms with Crippen molar-refractivity contribution in [3.8, 4) is 17.2 Å². The SMILES string of the molecule is CCOC(=O)C1=C(C)N=c2s/c(=C\c3ccc(OCC)cc3)c(=O)n2[C@H]1c1ccc(OC)cc1OC. The minimum absolute atomic E-state index is 0.199. The standard InChI is InChI=1S/C27H28N2O6S/c1-6-34-18-10-8-17(9-11-18)14-22-25(30)29-24(20-13-12-19(32-4)15-21(20)33-5)23(26(31)35-7-2)16(3)28-27(29)36-22/h8-15,24H,6-7H2,1-5H3/b22-14-/t24-/m0/s1. The summed E-state index contributed by atoms with van der Waals surface area (Å²) in [6.45, 7) is 6.19. The van der Waals surface area contributed by atoms with E-state index in [0.717, 1.165) is 11.3 Å². The second-order valence-corrected chi connectivity index (χ2v) is 8.92. The van der Waals surface area contributed by atoms with Crippen LogP contribution in [-0.2, 0) is 9.53 Å². The highest BCUT2D eigenvalue weighted by Crippen LogP contribution is 2.37. The molecule has 1 aromatic heterocycles. The molecule has 3 aromatic rings. The first-order chi connectivity index (χ1) is 17.4. The molecule has 0 spiro atoms. The van der Waals surface area contributed by atoms with Gasteiger partial charge in [-0.25, -0.2) is 9.79 Å². The van der Waals surface area contributed by atoms with Gasteiger partial charge in [0.1, 0.15) is 23.3 Å². The van der Waals surface area contributed by atoms with Gasteiger partial charge >= 0.3 is 5.97 Å². The number of methoxy groups -OCH3 is 2. The number of rotatable bonds is 8. The van der Waals surface area contributed by atoms with Gasteiger partial charge in [0.05, 0.1) is 43.2 Å². The van der Waals surface area contributed by atoms with Crippen molar-refractivity contribution in [2.75, 3.05) is 27.4 Å². The lowest BCUT2D eigenvalue weighted by Crippen LogP contribution is -2.40. The highest BCUT2D eigenvalue weighted by atomic mass is 32.1. The molecule has 1 aliphatic rings. The molecule has 1 atom stereocenters. The Kier molecular flexibility index (Phi) is 7.59. The molecule has 0 aliphatic carbocycles. The smallest absolute Gasteiger partial charge is 0.338 e. The fraction of sp³-hybridized carbons (Fsp3) is 0.296. The normalized spacial score (nSPS) is 15.2. The average Bonchev–Trinajstić information content (AvgIpc) is 3.18. The summed E-state index contributed by atoms with van der Waals surface area (Å²) in [7, 11) is 3.10. The predicted molar refractivity (Wildman–Crippen MR) is 138 cm³/mol. The lowest BCUT2D eigenvalue weighted by Gasteiger charge is -2.26. The third-order valence-electron chi connectivity index (χ3n) is 5.74. The Balaban J connectivity index is 1.93. The van der Waals surface area contributed by atoms with Gasteiger partial charge in [-0.3, -0.25) is 9.36 Å². The largest absolute Gasteiger partial charge is 0.497 e. The highest BCUT2D eigenvalue weighted by molar-refractivity contribution is 7.07. The van der Waals surface area contributed by atoms with Crippen LogP contribution in [0.5, 0.6) is 17.2 Å². The minimum atomic E-state index is -0.774. The van der Waals surface area contributed by atoms with E-state index in [9.17, 15) is 9.59 Å². The zero-order valence-corrected chi connectivity index (χ0v) is 21.7. The van der Waals surface area contributed by atoms with Crippen molar-refractivity contribution < 1.29 is 23.7 Å². The number of hydrogen-bond acceptors (Lipinski definition) is 8. The number of carbonyl (C=O) groups excluding carboxylic acids is 1. The molecule has 0 amide bonds. The predicted octanol–water partition coefficient (Wildman–Crippen LogP) is 3.21. The van der Waals surface area contributed by atoms with Crippen LogP contribution >= 0.6 is 11.3 Å². The molecule has 9 heteroatoms. The summed E-state index contributed by atoms with van der Waals surface area (Å²) in [6.07, 6.45) is 1.81. The molecular weight excluding hydrogens is 480 g/mol. The maximum atomic E-state index is 13.7. The molecule has 0 N–H and O–H groups in total. The number of thiazole rings is 1. The Morgan fingerprint density at radius 3 is 2.42 bits per heavy atom. The van der Waals surface area contributed by atoms with E-state index in [1.807, 2.05) is 37.3 Å². The van der Waals surface area contributed by atoms with Crippen LogP contribution in [0.3, 0.4) is 0 Å². The van der Waals surface area contributed by atoms with Gasteiger partial charge in [0.15, 0.2) is 4.80 Å². The summed E-state index contributed by atoms with van der Waals surface area (Å²) in [5.74, 6) is 1.31. The van der Waals surface area contributed by atoms with Crippen LogP contribution in [0.1, 0.15) is 37.9 Å². The summed E-state index contributed by atoms with van der Waals surface area (Å²) in [6, 6.07) is 12.0. The van der Waals surface area contributed by atoms with E-state index < -0.39 is 12.0 Å². The molecule has 0 saturated carbocycles. The Morgan fingerprint density at radius 1 is 1.06 bits per heavy atom. The van der Waals surface area contributed by atoms with Crippen LogP contribution in [-0.4, -0.2) is 38.0 Å². The minimum Gasteiger partial charge on any atom is -0.497 e. The fourth-order valence-corrected chi connectivity index (χ4v) is 5.16. The lowest BCUT2D eigenvalue weighted by molar-refractivity contribution is -0.139. The van der Waals surface area contributed by atoms with Crippen molar-refractivity contribution in [1.29, 1.82) is 0 Å². The van der Waals surface area contributed by atoms with E-state index >= 15 is 0 Å². The summed E-state index contributed by atoms with van der Waals surface area (Å²) in [5, 5.41) is 0. The van der Waals surface area contributed by atoms with Gasteiger partial charge in [-0.15, -0.1) is 0 Å². The van der Waals surface area contributed by atoms with E-state index in [1.165, 1.54) is 23.0 Å². The third kappa shape index (κ3) is 4.79. The number of esters is 1. The van der Waals surface area contributed by atoms with Gasteiger partial charge in [-0.2, -0.15) is 0 Å². The topological polar surface area (TPSA) is 88.4 Å². The van der Waals surface area contributed by atoms with Crippen LogP contribution in [0.4, 0.5) is 0 Å². The molecule has 0 bridgehead atoms. The summed E-state index contributed by atoms with van der Waals surface area (Å²) in [4.78, 5) is 31.9. The van der Waals surface area contributed by atoms with E-state index in [-0.39, 0.29) is 12.2 Å². The summed E-state index contributed by atoms with van der Waals surface area (Å²) >= 11 is 1.27. The summed E-state index contributed by atoms with van der Waals surface area (Å²) in [5.41, 5.74) is 2.00. The molecule has 0 fully saturated rings. The van der Waals surface area contributed by atoms with Gasteiger partial charge in [0, 0.05) is 11.6 Å². The van der Waals surface area contributed by atoms with Crippen LogP contribution < -0.4 is 29.1 Å². The monoisotopic (exact) mass is 508 g/mol. The molecular formula is C27H28N2O6S. The molecule has 4 rings (SSSR count). The zero-order chi connectivity index (χ0) is 25.8. The second kappa shape index (κ2) is 10.8. The van der Waals surface area contributed by atoms with Crippen molar-refractivity contribution in [2.24, 2.45) is 4.99 Å². The van der Waals surface area contributed by atoms with Crippen LogP contribution in [0.2, 0.25) is 0 Å². The number of hydrogen-bond donors (Lipinski definition) is 0. The number of fused-ring (bicyclic) bond motifs is 1. The van der Waals surface area contributed by atoms with E-state index in [2.05, 4.69) is 4.99 Å². The third-order valence-corrected chi connectivity index (χ3v) is 6.72. The van der Waals surface area contributed by atoms with Gasteiger partial charge in [-0.05, 0) is 56.7 Å². The lowest BCUT2D eigenvalue weighted by atomic mass is 9.95. The van der Waals surface area contributed by atoms with Crippen molar-refractivity contribution in [1.82, 2.24) is 4.57 Å². The molecule has 1 aliphatic heterocycles. The Hall–Kier alpha value is -3.85. The van der Waals surface area contributed by atoms with Gasteiger partial charge in [0.25, 0.3) is 5.56 Å². The van der Waals surface area contributed by atoms with Gasteiger partial charge in [0.2, 0.25) is 0 Å². The quantitative estimate of drug-likeness (QED) is 0.434.